The van der Waals surface area contributed by atoms with Crippen LogP contribution in [0.4, 0.5) is 5.69 Å². The van der Waals surface area contributed by atoms with Crippen LogP contribution in [-0.4, -0.2) is 23.4 Å². The first-order chi connectivity index (χ1) is 14.8. The lowest BCUT2D eigenvalue weighted by molar-refractivity contribution is 0.412. The number of ether oxygens (including phenoxy) is 1. The van der Waals surface area contributed by atoms with Crippen LogP contribution in [0.3, 0.4) is 0 Å². The number of benzene rings is 3. The van der Waals surface area contributed by atoms with Crippen LogP contribution in [0.1, 0.15) is 16.7 Å². The van der Waals surface area contributed by atoms with Gasteiger partial charge < -0.3 is 14.3 Å². The van der Waals surface area contributed by atoms with Crippen LogP contribution in [0.5, 0.6) is 11.5 Å². The third kappa shape index (κ3) is 4.10. The minimum absolute atomic E-state index is 0.109. The molecular formula is C23H17Br2ClN2O3. The van der Waals surface area contributed by atoms with Crippen molar-refractivity contribution in [3.63, 3.8) is 0 Å². The molecule has 0 aliphatic carbocycles. The zero-order valence-corrected chi connectivity index (χ0v) is 20.8. The SMILES string of the molecule is COc1ccc(-c2nc3cc(N=Cc4c(C)c(Cl)c(C)c(Br)c4O)ccc3o2)cc1Br. The van der Waals surface area contributed by atoms with Crippen LogP contribution in [0.2, 0.25) is 5.02 Å². The maximum atomic E-state index is 10.5. The van der Waals surface area contributed by atoms with Crippen molar-refractivity contribution in [3.05, 3.63) is 67.1 Å². The number of phenolic OH excluding ortho intramolecular Hbond substituents is 1. The zero-order chi connectivity index (χ0) is 22.3. The van der Waals surface area contributed by atoms with Crippen LogP contribution in [-0.2, 0) is 0 Å². The topological polar surface area (TPSA) is 67.9 Å². The Bertz CT molecular complexity index is 1320. The van der Waals surface area contributed by atoms with E-state index in [2.05, 4.69) is 41.8 Å². The largest absolute Gasteiger partial charge is 0.506 e. The summed E-state index contributed by atoms with van der Waals surface area (Å²) in [6.07, 6.45) is 1.60. The molecule has 0 aliphatic rings. The molecule has 5 nitrogen and oxygen atoms in total. The van der Waals surface area contributed by atoms with Crippen molar-refractivity contribution in [1.29, 1.82) is 0 Å². The van der Waals surface area contributed by atoms with Gasteiger partial charge in [0, 0.05) is 22.4 Å². The Hall–Kier alpha value is -2.35. The quantitative estimate of drug-likeness (QED) is 0.257. The highest BCUT2D eigenvalue weighted by Gasteiger charge is 2.16. The highest BCUT2D eigenvalue weighted by atomic mass is 79.9. The third-order valence-electron chi connectivity index (χ3n) is 4.97. The fourth-order valence-corrected chi connectivity index (χ4v) is 4.45. The molecule has 1 heterocycles. The fourth-order valence-electron chi connectivity index (χ4n) is 3.19. The first-order valence-electron chi connectivity index (χ1n) is 9.25. The monoisotopic (exact) mass is 562 g/mol. The second-order valence-corrected chi connectivity index (χ2v) is 8.94. The van der Waals surface area contributed by atoms with Gasteiger partial charge >= 0.3 is 0 Å². The van der Waals surface area contributed by atoms with Gasteiger partial charge in [-0.05, 0) is 93.2 Å². The molecule has 0 bridgehead atoms. The summed E-state index contributed by atoms with van der Waals surface area (Å²) in [5.74, 6) is 1.35. The lowest BCUT2D eigenvalue weighted by atomic mass is 10.0. The van der Waals surface area contributed by atoms with Gasteiger partial charge in [-0.2, -0.15) is 0 Å². The number of aromatic hydroxyl groups is 1. The van der Waals surface area contributed by atoms with Crippen molar-refractivity contribution < 1.29 is 14.3 Å². The maximum absolute atomic E-state index is 10.5. The van der Waals surface area contributed by atoms with Gasteiger partial charge in [-0.1, -0.05) is 11.6 Å². The molecule has 0 fully saturated rings. The number of nitrogens with zero attached hydrogens (tertiary/aromatic N) is 2. The predicted octanol–water partition coefficient (Wildman–Crippen LogP) is 7.75. The highest BCUT2D eigenvalue weighted by molar-refractivity contribution is 9.11. The molecule has 31 heavy (non-hydrogen) atoms. The molecule has 4 rings (SSSR count). The Morgan fingerprint density at radius 2 is 1.90 bits per heavy atom. The second-order valence-electron chi connectivity index (χ2n) is 6.92. The van der Waals surface area contributed by atoms with E-state index in [1.165, 1.54) is 0 Å². The van der Waals surface area contributed by atoms with Gasteiger partial charge in [0.2, 0.25) is 5.89 Å². The average molecular weight is 565 g/mol. The number of phenols is 1. The van der Waals surface area contributed by atoms with Crippen molar-refractivity contribution in [2.45, 2.75) is 13.8 Å². The first kappa shape index (κ1) is 21.9. The lowest BCUT2D eigenvalue weighted by Crippen LogP contribution is -1.94. The number of hydrogen-bond acceptors (Lipinski definition) is 5. The normalized spacial score (nSPS) is 11.5. The van der Waals surface area contributed by atoms with Gasteiger partial charge in [-0.15, -0.1) is 0 Å². The lowest BCUT2D eigenvalue weighted by Gasteiger charge is -2.11. The summed E-state index contributed by atoms with van der Waals surface area (Å²) in [6, 6.07) is 11.1. The highest BCUT2D eigenvalue weighted by Crippen LogP contribution is 2.38. The molecule has 0 saturated carbocycles. The Morgan fingerprint density at radius 1 is 1.13 bits per heavy atom. The molecular weight excluding hydrogens is 548 g/mol. The summed E-state index contributed by atoms with van der Waals surface area (Å²) in [5, 5.41) is 11.1. The predicted molar refractivity (Wildman–Crippen MR) is 131 cm³/mol. The minimum Gasteiger partial charge on any atom is -0.506 e. The molecule has 0 radical (unpaired) electrons. The van der Waals surface area contributed by atoms with Crippen molar-refractivity contribution >= 4 is 66.5 Å². The number of aromatic nitrogens is 1. The molecule has 1 N–H and O–H groups in total. The smallest absolute Gasteiger partial charge is 0.227 e. The summed E-state index contributed by atoms with van der Waals surface area (Å²) in [5.41, 5.74) is 4.95. The minimum atomic E-state index is 0.109. The summed E-state index contributed by atoms with van der Waals surface area (Å²) < 4.78 is 12.5. The van der Waals surface area contributed by atoms with E-state index in [0.29, 0.717) is 37.7 Å². The summed E-state index contributed by atoms with van der Waals surface area (Å²) in [7, 11) is 1.62. The Labute approximate surface area is 201 Å². The van der Waals surface area contributed by atoms with Crippen LogP contribution >= 0.6 is 43.5 Å². The average Bonchev–Trinajstić information content (AvgIpc) is 3.19. The molecule has 0 aliphatic heterocycles. The Kier molecular flexibility index (Phi) is 6.10. The van der Waals surface area contributed by atoms with Gasteiger partial charge in [-0.25, -0.2) is 4.98 Å². The molecule has 0 amide bonds. The van der Waals surface area contributed by atoms with Crippen LogP contribution in [0, 0.1) is 13.8 Å². The van der Waals surface area contributed by atoms with Crippen molar-refractivity contribution in [1.82, 2.24) is 4.98 Å². The van der Waals surface area contributed by atoms with E-state index in [1.54, 1.807) is 13.3 Å². The van der Waals surface area contributed by atoms with Crippen LogP contribution in [0.15, 0.2) is 54.8 Å². The number of fused-ring (bicyclic) bond motifs is 1. The van der Waals surface area contributed by atoms with E-state index >= 15 is 0 Å². The van der Waals surface area contributed by atoms with Gasteiger partial charge in [0.1, 0.15) is 17.0 Å². The van der Waals surface area contributed by atoms with Crippen molar-refractivity contribution in [2.24, 2.45) is 4.99 Å². The number of aliphatic imine (C=N–C) groups is 1. The van der Waals surface area contributed by atoms with E-state index in [9.17, 15) is 5.11 Å². The van der Waals surface area contributed by atoms with E-state index in [0.717, 1.165) is 26.9 Å². The molecule has 0 spiro atoms. The van der Waals surface area contributed by atoms with Gasteiger partial charge in [-0.3, -0.25) is 4.99 Å². The first-order valence-corrected chi connectivity index (χ1v) is 11.2. The fraction of sp³-hybridized carbons (Fsp3) is 0.130. The number of methoxy groups -OCH3 is 1. The van der Waals surface area contributed by atoms with Crippen LogP contribution in [0.25, 0.3) is 22.6 Å². The van der Waals surface area contributed by atoms with Crippen molar-refractivity contribution in [2.75, 3.05) is 7.11 Å². The van der Waals surface area contributed by atoms with Crippen molar-refractivity contribution in [3.8, 4) is 23.0 Å². The Balaban J connectivity index is 1.69. The number of hydrogen-bond donors (Lipinski definition) is 1. The maximum Gasteiger partial charge on any atom is 0.227 e. The van der Waals surface area contributed by atoms with E-state index in [4.69, 9.17) is 20.8 Å². The molecule has 158 valence electrons. The molecule has 0 saturated heterocycles. The molecule has 8 heteroatoms. The summed E-state index contributed by atoms with van der Waals surface area (Å²) in [6.45, 7) is 3.69. The van der Waals surface area contributed by atoms with E-state index < -0.39 is 0 Å². The Morgan fingerprint density at radius 3 is 2.61 bits per heavy atom. The van der Waals surface area contributed by atoms with Gasteiger partial charge in [0.05, 0.1) is 21.7 Å². The summed E-state index contributed by atoms with van der Waals surface area (Å²) >= 11 is 13.2. The number of halogens is 3. The van der Waals surface area contributed by atoms with Gasteiger partial charge in [0.15, 0.2) is 5.58 Å². The van der Waals surface area contributed by atoms with Gasteiger partial charge in [0.25, 0.3) is 0 Å². The van der Waals surface area contributed by atoms with E-state index in [1.807, 2.05) is 50.2 Å². The number of oxazole rings is 1. The second kappa shape index (κ2) is 8.65. The summed E-state index contributed by atoms with van der Waals surface area (Å²) in [4.78, 5) is 9.10. The van der Waals surface area contributed by atoms with Crippen LogP contribution < -0.4 is 4.74 Å². The standard InChI is InChI=1S/C23H17Br2ClN2O3/c1-11-15(22(29)20(25)12(2)21(11)26)10-27-14-5-7-19-17(9-14)28-23(31-19)13-4-6-18(30-3)16(24)8-13/h4-10,29H,1-3H3. The molecule has 0 unspecified atom stereocenters. The molecule has 1 aromatic heterocycles. The third-order valence-corrected chi connectivity index (χ3v) is 7.12. The number of rotatable bonds is 4. The zero-order valence-electron chi connectivity index (χ0n) is 16.8. The van der Waals surface area contributed by atoms with E-state index in [-0.39, 0.29) is 5.75 Å². The molecule has 0 atom stereocenters. The molecule has 4 aromatic rings. The molecule has 3 aromatic carbocycles.